The van der Waals surface area contributed by atoms with Gasteiger partial charge in [0, 0.05) is 6.92 Å². The van der Waals surface area contributed by atoms with Gasteiger partial charge in [0.1, 0.15) is 0 Å². The van der Waals surface area contributed by atoms with E-state index < -0.39 is 5.60 Å². The van der Waals surface area contributed by atoms with Crippen LogP contribution in [-0.2, 0) is 11.3 Å². The van der Waals surface area contributed by atoms with Crippen LogP contribution in [0.4, 0.5) is 0 Å². The number of nitrogens with zero attached hydrogens (tertiary/aromatic N) is 2. The molecule has 0 aromatic carbocycles. The average Bonchev–Trinajstić information content (AvgIpc) is 2.73. The first-order chi connectivity index (χ1) is 8.57. The Morgan fingerprint density at radius 3 is 2.78 bits per heavy atom. The van der Waals surface area contributed by atoms with Crippen LogP contribution in [0.5, 0.6) is 0 Å². The summed E-state index contributed by atoms with van der Waals surface area (Å²) in [5.41, 5.74) is -0.824. The van der Waals surface area contributed by atoms with Crippen LogP contribution in [0, 0.1) is 6.92 Å². The van der Waals surface area contributed by atoms with Crippen molar-refractivity contribution in [3.63, 3.8) is 0 Å². The topological polar surface area (TPSA) is 88.2 Å². The summed E-state index contributed by atoms with van der Waals surface area (Å²) in [4.78, 5) is 15.7. The number of amides is 1. The highest BCUT2D eigenvalue weighted by Crippen LogP contribution is 2.30. The minimum atomic E-state index is -0.824. The largest absolute Gasteiger partial charge is 0.389 e. The van der Waals surface area contributed by atoms with Gasteiger partial charge in [0.05, 0.1) is 18.6 Å². The van der Waals surface area contributed by atoms with E-state index in [0.717, 1.165) is 19.3 Å². The fraction of sp³-hybridized carbons (Fsp3) is 0.750. The fourth-order valence-electron chi connectivity index (χ4n) is 2.34. The summed E-state index contributed by atoms with van der Waals surface area (Å²) >= 11 is 0. The van der Waals surface area contributed by atoms with Crippen molar-refractivity contribution >= 4 is 5.91 Å². The summed E-state index contributed by atoms with van der Waals surface area (Å²) in [5.74, 6) is 0.767. The lowest BCUT2D eigenvalue weighted by atomic mass is 9.82. The zero-order chi connectivity index (χ0) is 13.0. The van der Waals surface area contributed by atoms with E-state index in [2.05, 4.69) is 15.5 Å². The van der Waals surface area contributed by atoms with E-state index in [0.29, 0.717) is 24.6 Å². The van der Waals surface area contributed by atoms with Crippen molar-refractivity contribution in [2.45, 2.75) is 57.6 Å². The summed E-state index contributed by atoms with van der Waals surface area (Å²) in [6.45, 7) is 1.94. The SMILES string of the molecule is Cc1nc(CNC(=O)CC2(O)CCCCC2)no1. The number of hydrogen-bond donors (Lipinski definition) is 2. The maximum absolute atomic E-state index is 11.7. The predicted octanol–water partition coefficient (Wildman–Crippen LogP) is 1.08. The molecule has 6 heteroatoms. The Kier molecular flexibility index (Phi) is 3.96. The average molecular weight is 253 g/mol. The molecule has 6 nitrogen and oxygen atoms in total. The third-order valence-corrected chi connectivity index (χ3v) is 3.29. The Balaban J connectivity index is 1.78. The number of nitrogens with one attached hydrogen (secondary N) is 1. The Hall–Kier alpha value is -1.43. The molecule has 0 atom stereocenters. The molecule has 0 unspecified atom stereocenters. The van der Waals surface area contributed by atoms with Gasteiger partial charge in [0.15, 0.2) is 5.82 Å². The quantitative estimate of drug-likeness (QED) is 0.838. The molecule has 1 aromatic heterocycles. The monoisotopic (exact) mass is 253 g/mol. The molecule has 0 radical (unpaired) electrons. The maximum Gasteiger partial charge on any atom is 0.223 e. The molecule has 100 valence electrons. The molecule has 1 aliphatic rings. The van der Waals surface area contributed by atoms with Crippen LogP contribution in [-0.4, -0.2) is 26.8 Å². The number of aromatic nitrogens is 2. The Morgan fingerprint density at radius 2 is 2.17 bits per heavy atom. The summed E-state index contributed by atoms with van der Waals surface area (Å²) in [5, 5.41) is 16.6. The van der Waals surface area contributed by atoms with Crippen LogP contribution in [0.3, 0.4) is 0 Å². The Bertz CT molecular complexity index is 410. The van der Waals surface area contributed by atoms with E-state index in [1.807, 2.05) is 0 Å². The van der Waals surface area contributed by atoms with Gasteiger partial charge in [-0.25, -0.2) is 0 Å². The molecule has 0 spiro atoms. The summed E-state index contributed by atoms with van der Waals surface area (Å²) in [7, 11) is 0. The highest BCUT2D eigenvalue weighted by atomic mass is 16.5. The fourth-order valence-corrected chi connectivity index (χ4v) is 2.34. The number of rotatable bonds is 4. The second-order valence-corrected chi connectivity index (χ2v) is 4.97. The lowest BCUT2D eigenvalue weighted by Crippen LogP contribution is -2.38. The van der Waals surface area contributed by atoms with Gasteiger partial charge in [-0.1, -0.05) is 24.4 Å². The number of carbonyl (C=O) groups excluding carboxylic acids is 1. The van der Waals surface area contributed by atoms with Crippen molar-refractivity contribution in [2.75, 3.05) is 0 Å². The number of carbonyl (C=O) groups is 1. The number of aryl methyl sites for hydroxylation is 1. The maximum atomic E-state index is 11.7. The van der Waals surface area contributed by atoms with Gasteiger partial charge in [-0.15, -0.1) is 0 Å². The third kappa shape index (κ3) is 3.53. The minimum absolute atomic E-state index is 0.157. The molecule has 0 bridgehead atoms. The van der Waals surface area contributed by atoms with Crippen molar-refractivity contribution in [3.8, 4) is 0 Å². The van der Waals surface area contributed by atoms with Crippen molar-refractivity contribution in [3.05, 3.63) is 11.7 Å². The number of aliphatic hydroxyl groups is 1. The van der Waals surface area contributed by atoms with Crippen LogP contribution in [0.15, 0.2) is 4.52 Å². The first kappa shape index (κ1) is 13.0. The molecule has 1 amide bonds. The first-order valence-corrected chi connectivity index (χ1v) is 6.36. The second kappa shape index (κ2) is 5.48. The molecule has 0 aliphatic heterocycles. The third-order valence-electron chi connectivity index (χ3n) is 3.29. The molecule has 1 fully saturated rings. The van der Waals surface area contributed by atoms with Crippen LogP contribution in [0.2, 0.25) is 0 Å². The molecule has 1 saturated carbocycles. The van der Waals surface area contributed by atoms with Gasteiger partial charge in [0.25, 0.3) is 0 Å². The van der Waals surface area contributed by atoms with Crippen molar-refractivity contribution < 1.29 is 14.4 Å². The van der Waals surface area contributed by atoms with Gasteiger partial charge in [-0.3, -0.25) is 4.79 Å². The normalized spacial score (nSPS) is 18.6. The van der Waals surface area contributed by atoms with Crippen LogP contribution in [0.25, 0.3) is 0 Å². The summed E-state index contributed by atoms with van der Waals surface area (Å²) in [6, 6.07) is 0. The van der Waals surface area contributed by atoms with Gasteiger partial charge < -0.3 is 14.9 Å². The second-order valence-electron chi connectivity index (χ2n) is 4.97. The predicted molar refractivity (Wildman–Crippen MR) is 63.5 cm³/mol. The van der Waals surface area contributed by atoms with Crippen LogP contribution in [0.1, 0.15) is 50.2 Å². The van der Waals surface area contributed by atoms with E-state index >= 15 is 0 Å². The lowest BCUT2D eigenvalue weighted by molar-refractivity contribution is -0.127. The summed E-state index contributed by atoms with van der Waals surface area (Å²) < 4.78 is 4.80. The molecule has 1 heterocycles. The molecule has 1 aliphatic carbocycles. The van der Waals surface area contributed by atoms with Crippen molar-refractivity contribution in [1.29, 1.82) is 0 Å². The highest BCUT2D eigenvalue weighted by molar-refractivity contribution is 5.76. The standard InChI is InChI=1S/C12H19N3O3/c1-9-14-10(15-18-9)8-13-11(16)7-12(17)5-3-2-4-6-12/h17H,2-8H2,1H3,(H,13,16). The zero-order valence-electron chi connectivity index (χ0n) is 10.6. The number of hydrogen-bond acceptors (Lipinski definition) is 5. The lowest BCUT2D eigenvalue weighted by Gasteiger charge is -2.31. The molecular formula is C12H19N3O3. The molecular weight excluding hydrogens is 234 g/mol. The molecule has 2 rings (SSSR count). The Morgan fingerprint density at radius 1 is 1.44 bits per heavy atom. The zero-order valence-corrected chi connectivity index (χ0v) is 10.6. The molecule has 2 N–H and O–H groups in total. The van der Waals surface area contributed by atoms with E-state index in [1.165, 1.54) is 0 Å². The van der Waals surface area contributed by atoms with Crippen molar-refractivity contribution in [2.24, 2.45) is 0 Å². The van der Waals surface area contributed by atoms with Crippen LogP contribution >= 0.6 is 0 Å². The Labute approximate surface area is 106 Å². The first-order valence-electron chi connectivity index (χ1n) is 6.36. The van der Waals surface area contributed by atoms with Gasteiger partial charge >= 0.3 is 0 Å². The molecule has 18 heavy (non-hydrogen) atoms. The molecule has 0 saturated heterocycles. The summed E-state index contributed by atoms with van der Waals surface area (Å²) in [6.07, 6.45) is 4.71. The van der Waals surface area contributed by atoms with E-state index in [-0.39, 0.29) is 18.9 Å². The van der Waals surface area contributed by atoms with Gasteiger partial charge in [0.2, 0.25) is 11.8 Å². The smallest absolute Gasteiger partial charge is 0.223 e. The minimum Gasteiger partial charge on any atom is -0.389 e. The van der Waals surface area contributed by atoms with Crippen molar-refractivity contribution in [1.82, 2.24) is 15.5 Å². The van der Waals surface area contributed by atoms with Gasteiger partial charge in [-0.05, 0) is 12.8 Å². The van der Waals surface area contributed by atoms with Crippen LogP contribution < -0.4 is 5.32 Å². The van der Waals surface area contributed by atoms with E-state index in [4.69, 9.17) is 4.52 Å². The van der Waals surface area contributed by atoms with E-state index in [1.54, 1.807) is 6.92 Å². The van der Waals surface area contributed by atoms with E-state index in [9.17, 15) is 9.90 Å². The molecule has 1 aromatic rings. The van der Waals surface area contributed by atoms with Gasteiger partial charge in [-0.2, -0.15) is 4.98 Å². The highest BCUT2D eigenvalue weighted by Gasteiger charge is 2.31.